The van der Waals surface area contributed by atoms with E-state index in [0.717, 1.165) is 51.4 Å². The number of ether oxygens (including phenoxy) is 1. The van der Waals surface area contributed by atoms with Crippen molar-refractivity contribution in [2.24, 2.45) is 5.92 Å². The predicted molar refractivity (Wildman–Crippen MR) is 132 cm³/mol. The number of hydrogen-bond acceptors (Lipinski definition) is 2. The van der Waals surface area contributed by atoms with Crippen molar-refractivity contribution in [3.63, 3.8) is 0 Å². The van der Waals surface area contributed by atoms with Crippen LogP contribution in [0, 0.1) is 5.92 Å². The van der Waals surface area contributed by atoms with E-state index in [-0.39, 0.29) is 12.1 Å². The Morgan fingerprint density at radius 2 is 1.07 bits per heavy atom. The van der Waals surface area contributed by atoms with Gasteiger partial charge in [0.25, 0.3) is 0 Å². The molecule has 2 nitrogen and oxygen atoms in total. The maximum absolute atomic E-state index is 11.7. The molecule has 168 valence electrons. The molecule has 0 spiro atoms. The van der Waals surface area contributed by atoms with Crippen molar-refractivity contribution in [3.05, 3.63) is 72.9 Å². The van der Waals surface area contributed by atoms with Crippen molar-refractivity contribution in [2.45, 2.75) is 91.6 Å². The molecule has 0 bridgehead atoms. The largest absolute Gasteiger partial charge is 0.462 e. The Morgan fingerprint density at radius 3 is 1.47 bits per heavy atom. The molecule has 0 aliphatic heterocycles. The molecular weight excluding hydrogens is 368 g/mol. The van der Waals surface area contributed by atoms with E-state index in [0.29, 0.717) is 12.3 Å². The van der Waals surface area contributed by atoms with Crippen molar-refractivity contribution in [3.8, 4) is 0 Å². The monoisotopic (exact) mass is 412 g/mol. The van der Waals surface area contributed by atoms with E-state index in [1.54, 1.807) is 0 Å². The van der Waals surface area contributed by atoms with Gasteiger partial charge in [0.1, 0.15) is 6.10 Å². The van der Waals surface area contributed by atoms with Crippen molar-refractivity contribution in [1.82, 2.24) is 0 Å². The third-order valence-corrected chi connectivity index (χ3v) is 4.60. The molecule has 30 heavy (non-hydrogen) atoms. The fourth-order valence-electron chi connectivity index (χ4n) is 2.41. The summed E-state index contributed by atoms with van der Waals surface area (Å²) in [7, 11) is 0. The van der Waals surface area contributed by atoms with Crippen molar-refractivity contribution in [1.29, 1.82) is 0 Å². The van der Waals surface area contributed by atoms with Crippen molar-refractivity contribution >= 4 is 5.97 Å². The topological polar surface area (TPSA) is 26.3 Å². The van der Waals surface area contributed by atoms with Crippen LogP contribution in [0.2, 0.25) is 0 Å². The van der Waals surface area contributed by atoms with Gasteiger partial charge in [0.05, 0.1) is 0 Å². The van der Waals surface area contributed by atoms with Crippen LogP contribution in [-0.4, -0.2) is 12.1 Å². The van der Waals surface area contributed by atoms with Gasteiger partial charge in [0, 0.05) is 6.42 Å². The second kappa shape index (κ2) is 21.6. The fourth-order valence-corrected chi connectivity index (χ4v) is 2.41. The molecule has 0 amide bonds. The number of unbranched alkanes of at least 4 members (excludes halogenated alkanes) is 1. The summed E-state index contributed by atoms with van der Waals surface area (Å²) < 4.78 is 5.36. The summed E-state index contributed by atoms with van der Waals surface area (Å²) >= 11 is 0. The van der Waals surface area contributed by atoms with Gasteiger partial charge in [0.15, 0.2) is 0 Å². The average Bonchev–Trinajstić information content (AvgIpc) is 2.72. The Bertz CT molecular complexity index is 573. The normalized spacial score (nSPS) is 14.0. The molecule has 0 N–H and O–H groups in total. The second-order valence-electron chi connectivity index (χ2n) is 7.75. The van der Waals surface area contributed by atoms with Gasteiger partial charge in [-0.05, 0) is 64.2 Å². The fraction of sp³-hybridized carbons (Fsp3) is 0.536. The van der Waals surface area contributed by atoms with Gasteiger partial charge in [-0.25, -0.2) is 0 Å². The van der Waals surface area contributed by atoms with Crippen LogP contribution >= 0.6 is 0 Å². The Morgan fingerprint density at radius 1 is 0.667 bits per heavy atom. The minimum Gasteiger partial charge on any atom is -0.462 e. The molecule has 0 saturated carbocycles. The SMILES string of the molecule is CC/C=C\C/C=C\C/C=C\C/C=C\C/C=C\C/C=C\CCCC(=O)OC(C)C(C)C. The van der Waals surface area contributed by atoms with E-state index in [9.17, 15) is 4.79 Å². The summed E-state index contributed by atoms with van der Waals surface area (Å²) in [6.45, 7) is 8.24. The first kappa shape index (κ1) is 27.9. The van der Waals surface area contributed by atoms with Crippen LogP contribution < -0.4 is 0 Å². The molecule has 0 aromatic heterocycles. The van der Waals surface area contributed by atoms with Gasteiger partial charge < -0.3 is 4.74 Å². The van der Waals surface area contributed by atoms with E-state index in [1.807, 2.05) is 6.92 Å². The van der Waals surface area contributed by atoms with E-state index < -0.39 is 0 Å². The zero-order chi connectivity index (χ0) is 22.3. The van der Waals surface area contributed by atoms with Crippen LogP contribution in [0.5, 0.6) is 0 Å². The first-order chi connectivity index (χ1) is 14.6. The van der Waals surface area contributed by atoms with Gasteiger partial charge in [-0.1, -0.05) is 93.7 Å². The lowest BCUT2D eigenvalue weighted by Gasteiger charge is -2.16. The van der Waals surface area contributed by atoms with Crippen LogP contribution in [0.4, 0.5) is 0 Å². The minimum atomic E-state index is -0.0811. The van der Waals surface area contributed by atoms with E-state index in [4.69, 9.17) is 4.74 Å². The third kappa shape index (κ3) is 20.6. The predicted octanol–water partition coefficient (Wildman–Crippen LogP) is 8.44. The summed E-state index contributed by atoms with van der Waals surface area (Å²) in [5.74, 6) is 0.291. The van der Waals surface area contributed by atoms with Gasteiger partial charge >= 0.3 is 5.97 Å². The lowest BCUT2D eigenvalue weighted by atomic mass is 10.1. The van der Waals surface area contributed by atoms with E-state index in [1.165, 1.54) is 0 Å². The summed E-state index contributed by atoms with van der Waals surface area (Å²) in [5, 5.41) is 0. The van der Waals surface area contributed by atoms with Crippen molar-refractivity contribution in [2.75, 3.05) is 0 Å². The Hall–Kier alpha value is -2.09. The number of hydrogen-bond donors (Lipinski definition) is 0. The highest BCUT2D eigenvalue weighted by atomic mass is 16.5. The number of rotatable bonds is 17. The molecule has 0 aliphatic rings. The van der Waals surface area contributed by atoms with Crippen LogP contribution in [-0.2, 0) is 9.53 Å². The van der Waals surface area contributed by atoms with E-state index in [2.05, 4.69) is 93.7 Å². The summed E-state index contributed by atoms with van der Waals surface area (Å²) in [5.41, 5.74) is 0. The summed E-state index contributed by atoms with van der Waals surface area (Å²) in [6, 6.07) is 0. The lowest BCUT2D eigenvalue weighted by Crippen LogP contribution is -2.19. The zero-order valence-electron chi connectivity index (χ0n) is 19.8. The molecule has 1 atom stereocenters. The van der Waals surface area contributed by atoms with E-state index >= 15 is 0 Å². The third-order valence-electron chi connectivity index (χ3n) is 4.60. The molecule has 0 aromatic rings. The quantitative estimate of drug-likeness (QED) is 0.136. The smallest absolute Gasteiger partial charge is 0.306 e. The molecule has 0 heterocycles. The highest BCUT2D eigenvalue weighted by Crippen LogP contribution is 2.08. The van der Waals surface area contributed by atoms with Gasteiger partial charge in [-0.3, -0.25) is 4.79 Å². The Kier molecular flexibility index (Phi) is 20.1. The number of allylic oxidation sites excluding steroid dienone is 12. The van der Waals surface area contributed by atoms with Gasteiger partial charge in [0.2, 0.25) is 0 Å². The Balaban J connectivity index is 3.60. The van der Waals surface area contributed by atoms with Crippen LogP contribution in [0.3, 0.4) is 0 Å². The average molecular weight is 413 g/mol. The molecule has 0 aromatic carbocycles. The first-order valence-corrected chi connectivity index (χ1v) is 11.7. The molecule has 0 rings (SSSR count). The Labute approximate surface area is 186 Å². The molecule has 0 saturated heterocycles. The first-order valence-electron chi connectivity index (χ1n) is 11.7. The van der Waals surface area contributed by atoms with Crippen LogP contribution in [0.25, 0.3) is 0 Å². The minimum absolute atomic E-state index is 0.00312. The molecule has 1 unspecified atom stereocenters. The van der Waals surface area contributed by atoms with Crippen LogP contribution in [0.1, 0.15) is 85.5 Å². The highest BCUT2D eigenvalue weighted by molar-refractivity contribution is 5.69. The van der Waals surface area contributed by atoms with Crippen LogP contribution in [0.15, 0.2) is 72.9 Å². The highest BCUT2D eigenvalue weighted by Gasteiger charge is 2.11. The standard InChI is InChI=1S/C28H44O2/c1-5-6-7-8-9-10-11-12-13-14-15-16-17-18-19-20-21-22-23-24-25-28(29)30-27(4)26(2)3/h6-7,9-10,12-13,15-16,18-19,21-22,26-27H,5,8,11,14,17,20,23-25H2,1-4H3/b7-6-,10-9-,13-12-,16-15-,19-18-,22-21-. The second-order valence-corrected chi connectivity index (χ2v) is 7.75. The number of carbonyl (C=O) groups is 1. The number of carbonyl (C=O) groups excluding carboxylic acids is 1. The van der Waals surface area contributed by atoms with Crippen molar-refractivity contribution < 1.29 is 9.53 Å². The lowest BCUT2D eigenvalue weighted by molar-refractivity contribution is -0.150. The van der Waals surface area contributed by atoms with Gasteiger partial charge in [-0.15, -0.1) is 0 Å². The maximum atomic E-state index is 11.7. The number of esters is 1. The maximum Gasteiger partial charge on any atom is 0.306 e. The molecular formula is C28H44O2. The summed E-state index contributed by atoms with van der Waals surface area (Å²) in [6.07, 6.45) is 34.8. The molecule has 0 aliphatic carbocycles. The zero-order valence-corrected chi connectivity index (χ0v) is 19.8. The summed E-state index contributed by atoms with van der Waals surface area (Å²) in [4.78, 5) is 11.7. The molecule has 0 fully saturated rings. The molecule has 0 radical (unpaired) electrons. The van der Waals surface area contributed by atoms with Gasteiger partial charge in [-0.2, -0.15) is 0 Å². The molecule has 2 heteroatoms.